The molecule has 3 rings (SSSR count). The summed E-state index contributed by atoms with van der Waals surface area (Å²) in [6.45, 7) is 0. The molecule has 0 aliphatic heterocycles. The lowest BCUT2D eigenvalue weighted by molar-refractivity contribution is 0.147. The molecule has 0 saturated heterocycles. The van der Waals surface area contributed by atoms with Gasteiger partial charge in [-0.25, -0.2) is 8.78 Å². The highest BCUT2D eigenvalue weighted by Gasteiger charge is 2.20. The first-order valence-corrected chi connectivity index (χ1v) is 7.93. The first kappa shape index (κ1) is 17.5. The summed E-state index contributed by atoms with van der Waals surface area (Å²) >= 11 is 5.66. The monoisotopic (exact) mass is 360 g/mol. The lowest BCUT2D eigenvalue weighted by Crippen LogP contribution is -2.19. The third-order valence-electron chi connectivity index (χ3n) is 3.96. The van der Waals surface area contributed by atoms with Gasteiger partial charge in [0.15, 0.2) is 0 Å². The summed E-state index contributed by atoms with van der Waals surface area (Å²) in [6, 6.07) is 11.6. The van der Waals surface area contributed by atoms with Crippen LogP contribution in [0.2, 0.25) is 5.02 Å². The van der Waals surface area contributed by atoms with E-state index < -0.39 is 23.8 Å². The number of rotatable bonds is 4. The van der Waals surface area contributed by atoms with Crippen molar-refractivity contribution < 1.29 is 13.9 Å². The van der Waals surface area contributed by atoms with Gasteiger partial charge in [0.25, 0.3) is 0 Å². The summed E-state index contributed by atoms with van der Waals surface area (Å²) in [4.78, 5) is 3.81. The zero-order chi connectivity index (χ0) is 18.0. The third-order valence-corrected chi connectivity index (χ3v) is 4.27. The van der Waals surface area contributed by atoms with Crippen molar-refractivity contribution in [2.75, 3.05) is 0 Å². The highest BCUT2D eigenvalue weighted by molar-refractivity contribution is 6.30. The van der Waals surface area contributed by atoms with E-state index in [1.54, 1.807) is 36.5 Å². The summed E-state index contributed by atoms with van der Waals surface area (Å²) < 4.78 is 26.8. The number of halogens is 3. The van der Waals surface area contributed by atoms with Crippen LogP contribution in [0, 0.1) is 11.6 Å². The van der Waals surface area contributed by atoms with Crippen LogP contribution >= 0.6 is 11.6 Å². The van der Waals surface area contributed by atoms with Crippen LogP contribution in [0.5, 0.6) is 0 Å². The maximum Gasteiger partial charge on any atom is 0.142 e. The van der Waals surface area contributed by atoms with E-state index in [0.29, 0.717) is 16.7 Å². The van der Waals surface area contributed by atoms with Crippen LogP contribution in [0.4, 0.5) is 8.78 Å². The fourth-order valence-corrected chi connectivity index (χ4v) is 2.67. The molecule has 0 amide bonds. The Morgan fingerprint density at radius 3 is 2.24 bits per heavy atom. The number of aromatic nitrogens is 1. The van der Waals surface area contributed by atoms with E-state index in [-0.39, 0.29) is 5.02 Å². The molecule has 0 aliphatic carbocycles. The number of nitrogens with zero attached hydrogens (tertiary/aromatic N) is 1. The molecule has 6 heteroatoms. The van der Waals surface area contributed by atoms with Gasteiger partial charge in [-0.15, -0.1) is 0 Å². The fraction of sp³-hybridized carbons (Fsp3) is 0.105. The van der Waals surface area contributed by atoms with Crippen molar-refractivity contribution in [2.45, 2.75) is 12.1 Å². The van der Waals surface area contributed by atoms with E-state index in [2.05, 4.69) is 4.98 Å². The minimum Gasteiger partial charge on any atom is -0.386 e. The molecule has 2 aromatic carbocycles. The molecule has 0 unspecified atom stereocenters. The number of hydrogen-bond acceptors (Lipinski definition) is 3. The van der Waals surface area contributed by atoms with Crippen LogP contribution < -0.4 is 5.73 Å². The third kappa shape index (κ3) is 3.85. The Hall–Kier alpha value is -2.34. The fourth-order valence-electron chi connectivity index (χ4n) is 2.55. The highest BCUT2D eigenvalue weighted by atomic mass is 35.5. The Morgan fingerprint density at radius 1 is 0.920 bits per heavy atom. The summed E-state index contributed by atoms with van der Waals surface area (Å²) in [5, 5.41) is 10.5. The molecule has 3 N–H and O–H groups in total. The lowest BCUT2D eigenvalue weighted by atomic mass is 9.95. The Labute approximate surface area is 148 Å². The quantitative estimate of drug-likeness (QED) is 0.724. The molecule has 0 aliphatic rings. The Bertz CT molecular complexity index is 887. The van der Waals surface area contributed by atoms with E-state index in [1.165, 1.54) is 18.2 Å². The van der Waals surface area contributed by atoms with Gasteiger partial charge in [-0.2, -0.15) is 0 Å². The summed E-state index contributed by atoms with van der Waals surface area (Å²) in [6.07, 6.45) is 1.66. The average Bonchev–Trinajstić information content (AvgIpc) is 2.63. The predicted octanol–water partition coefficient (Wildman–Crippen LogP) is 4.41. The molecule has 3 aromatic rings. The number of nitrogens with two attached hydrogens (primary N) is 1. The molecule has 0 saturated carbocycles. The van der Waals surface area contributed by atoms with Crippen molar-refractivity contribution in [1.82, 2.24) is 4.98 Å². The maximum atomic E-state index is 13.6. The second kappa shape index (κ2) is 7.27. The summed E-state index contributed by atoms with van der Waals surface area (Å²) in [7, 11) is 0. The maximum absolute atomic E-state index is 13.6. The molecule has 0 radical (unpaired) electrons. The molecule has 1 heterocycles. The molecule has 0 bridgehead atoms. The van der Waals surface area contributed by atoms with Gasteiger partial charge in [0.05, 0.1) is 23.4 Å². The van der Waals surface area contributed by atoms with E-state index in [9.17, 15) is 13.9 Å². The Kier molecular flexibility index (Phi) is 5.08. The minimum absolute atomic E-state index is 0.00139. The number of pyridine rings is 1. The normalized spacial score (nSPS) is 13.5. The molecular formula is C19H15ClF2N2O. The number of hydrogen-bond donors (Lipinski definition) is 2. The van der Waals surface area contributed by atoms with Crippen LogP contribution in [-0.4, -0.2) is 10.1 Å². The van der Waals surface area contributed by atoms with Crippen molar-refractivity contribution in [3.05, 3.63) is 88.7 Å². The van der Waals surface area contributed by atoms with Gasteiger partial charge >= 0.3 is 0 Å². The van der Waals surface area contributed by atoms with Crippen molar-refractivity contribution in [3.8, 4) is 11.1 Å². The van der Waals surface area contributed by atoms with E-state index in [1.807, 2.05) is 0 Å². The topological polar surface area (TPSA) is 59.1 Å². The molecule has 0 fully saturated rings. The number of aliphatic hydroxyl groups is 1. The van der Waals surface area contributed by atoms with Crippen LogP contribution in [0.15, 0.2) is 60.9 Å². The van der Waals surface area contributed by atoms with E-state index in [4.69, 9.17) is 17.3 Å². The highest BCUT2D eigenvalue weighted by Crippen LogP contribution is 2.30. The van der Waals surface area contributed by atoms with E-state index >= 15 is 0 Å². The van der Waals surface area contributed by atoms with Crippen molar-refractivity contribution in [2.24, 2.45) is 5.73 Å². The Morgan fingerprint density at radius 2 is 1.60 bits per heavy atom. The first-order chi connectivity index (χ1) is 12.0. The number of benzene rings is 2. The molecule has 2 atom stereocenters. The van der Waals surface area contributed by atoms with Crippen molar-refractivity contribution >= 4 is 11.6 Å². The van der Waals surface area contributed by atoms with Crippen LogP contribution in [0.25, 0.3) is 11.1 Å². The second-order valence-corrected chi connectivity index (χ2v) is 6.07. The standard InChI is InChI=1S/C19H15ClF2N2O/c20-16-6-5-13(8-17(16)22)18(23)19(25)12-3-1-11(2-4-12)14-7-15(21)10-24-9-14/h1-10,18-19,25H,23H2/t18-,19+/m0/s1. The van der Waals surface area contributed by atoms with Gasteiger partial charge in [0.2, 0.25) is 0 Å². The molecule has 1 aromatic heterocycles. The average molecular weight is 361 g/mol. The first-order valence-electron chi connectivity index (χ1n) is 7.55. The predicted molar refractivity (Wildman–Crippen MR) is 92.9 cm³/mol. The van der Waals surface area contributed by atoms with Crippen LogP contribution in [0.1, 0.15) is 23.3 Å². The Balaban J connectivity index is 1.82. The van der Waals surface area contributed by atoms with Gasteiger partial charge in [-0.3, -0.25) is 4.98 Å². The minimum atomic E-state index is -1.03. The SMILES string of the molecule is N[C@@H](c1ccc(Cl)c(F)c1)[C@H](O)c1ccc(-c2cncc(F)c2)cc1. The summed E-state index contributed by atoms with van der Waals surface area (Å²) in [5.74, 6) is -1.01. The smallest absolute Gasteiger partial charge is 0.142 e. The molecule has 3 nitrogen and oxygen atoms in total. The molecule has 25 heavy (non-hydrogen) atoms. The number of aliphatic hydroxyl groups excluding tert-OH is 1. The van der Waals surface area contributed by atoms with Gasteiger partial charge in [-0.05, 0) is 34.9 Å². The molecule has 0 spiro atoms. The zero-order valence-electron chi connectivity index (χ0n) is 13.0. The molecule has 128 valence electrons. The van der Waals surface area contributed by atoms with Gasteiger partial charge in [0.1, 0.15) is 11.6 Å². The van der Waals surface area contributed by atoms with Gasteiger partial charge in [0, 0.05) is 11.8 Å². The summed E-state index contributed by atoms with van der Waals surface area (Å²) in [5.41, 5.74) is 8.43. The van der Waals surface area contributed by atoms with Crippen LogP contribution in [0.3, 0.4) is 0 Å². The van der Waals surface area contributed by atoms with E-state index in [0.717, 1.165) is 11.8 Å². The van der Waals surface area contributed by atoms with Gasteiger partial charge < -0.3 is 10.8 Å². The zero-order valence-corrected chi connectivity index (χ0v) is 13.8. The van der Waals surface area contributed by atoms with Crippen LogP contribution in [-0.2, 0) is 0 Å². The lowest BCUT2D eigenvalue weighted by Gasteiger charge is -2.20. The van der Waals surface area contributed by atoms with Crippen molar-refractivity contribution in [1.29, 1.82) is 0 Å². The largest absolute Gasteiger partial charge is 0.386 e. The van der Waals surface area contributed by atoms with Gasteiger partial charge in [-0.1, -0.05) is 41.9 Å². The molecular weight excluding hydrogens is 346 g/mol. The van der Waals surface area contributed by atoms with Crippen molar-refractivity contribution in [3.63, 3.8) is 0 Å². The second-order valence-electron chi connectivity index (χ2n) is 5.66.